The fourth-order valence-corrected chi connectivity index (χ4v) is 2.19. The summed E-state index contributed by atoms with van der Waals surface area (Å²) in [5, 5.41) is -0.989. The fraction of sp³-hybridized carbons (Fsp3) is 0.600. The molecule has 0 amide bonds. The van der Waals surface area contributed by atoms with Crippen LogP contribution in [0.2, 0.25) is 0 Å². The van der Waals surface area contributed by atoms with Crippen LogP contribution in [-0.4, -0.2) is 30.9 Å². The highest BCUT2D eigenvalue weighted by molar-refractivity contribution is 7.86. The fourth-order valence-electron chi connectivity index (χ4n) is 1.67. The van der Waals surface area contributed by atoms with E-state index >= 15 is 0 Å². The van der Waals surface area contributed by atoms with Crippen molar-refractivity contribution in [3.05, 3.63) is 23.7 Å². The standard InChI is InChI=1S/C10H14O5S/c1-7(16(11,12)13)10-6-14-8-4-2-3-5-9(8)15-10/h3,5,7,10H,2,4,6H2,1H3,(H,11,12,13). The summed E-state index contributed by atoms with van der Waals surface area (Å²) in [7, 11) is -4.09. The Labute approximate surface area is 94.5 Å². The Kier molecular flexibility index (Phi) is 2.94. The van der Waals surface area contributed by atoms with Crippen LogP contribution in [-0.2, 0) is 19.6 Å². The molecule has 16 heavy (non-hydrogen) atoms. The third-order valence-corrected chi connectivity index (χ3v) is 4.02. The van der Waals surface area contributed by atoms with Crippen molar-refractivity contribution in [3.8, 4) is 0 Å². The Hall–Kier alpha value is -1.01. The van der Waals surface area contributed by atoms with Gasteiger partial charge in [0.1, 0.15) is 17.6 Å². The van der Waals surface area contributed by atoms with Gasteiger partial charge in [-0.2, -0.15) is 8.42 Å². The van der Waals surface area contributed by atoms with Gasteiger partial charge in [0.25, 0.3) is 10.1 Å². The second kappa shape index (κ2) is 4.10. The smallest absolute Gasteiger partial charge is 0.271 e. The summed E-state index contributed by atoms with van der Waals surface area (Å²) in [5.41, 5.74) is 0. The van der Waals surface area contributed by atoms with Crippen LogP contribution in [0.4, 0.5) is 0 Å². The van der Waals surface area contributed by atoms with E-state index in [1.165, 1.54) is 6.92 Å². The van der Waals surface area contributed by atoms with Gasteiger partial charge in [0.15, 0.2) is 11.9 Å². The van der Waals surface area contributed by atoms with Gasteiger partial charge < -0.3 is 9.47 Å². The highest BCUT2D eigenvalue weighted by atomic mass is 32.2. The van der Waals surface area contributed by atoms with Crippen molar-refractivity contribution in [2.24, 2.45) is 0 Å². The van der Waals surface area contributed by atoms with E-state index in [4.69, 9.17) is 14.0 Å². The summed E-state index contributed by atoms with van der Waals surface area (Å²) < 4.78 is 41.8. The van der Waals surface area contributed by atoms with Gasteiger partial charge in [-0.05, 0) is 19.4 Å². The molecule has 0 bridgehead atoms. The summed E-state index contributed by atoms with van der Waals surface area (Å²) >= 11 is 0. The molecule has 1 aliphatic heterocycles. The molecule has 0 aromatic rings. The maximum atomic E-state index is 11.0. The average molecular weight is 246 g/mol. The van der Waals surface area contributed by atoms with Crippen molar-refractivity contribution in [3.63, 3.8) is 0 Å². The van der Waals surface area contributed by atoms with E-state index in [-0.39, 0.29) is 6.61 Å². The molecule has 6 heteroatoms. The first-order valence-electron chi connectivity index (χ1n) is 5.14. The van der Waals surface area contributed by atoms with E-state index in [1.54, 1.807) is 6.08 Å². The van der Waals surface area contributed by atoms with Crippen LogP contribution in [0.5, 0.6) is 0 Å². The minimum Gasteiger partial charge on any atom is -0.490 e. The van der Waals surface area contributed by atoms with Gasteiger partial charge in [-0.1, -0.05) is 6.08 Å². The topological polar surface area (TPSA) is 72.8 Å². The first kappa shape index (κ1) is 11.5. The number of hydrogen-bond donors (Lipinski definition) is 1. The normalized spacial score (nSPS) is 26.8. The lowest BCUT2D eigenvalue weighted by Gasteiger charge is -2.31. The van der Waals surface area contributed by atoms with Crippen molar-refractivity contribution in [1.29, 1.82) is 0 Å². The van der Waals surface area contributed by atoms with E-state index < -0.39 is 21.5 Å². The Morgan fingerprint density at radius 3 is 3.00 bits per heavy atom. The lowest BCUT2D eigenvalue weighted by Crippen LogP contribution is -2.39. The molecule has 0 saturated heterocycles. The molecule has 0 aromatic carbocycles. The lowest BCUT2D eigenvalue weighted by atomic mass is 10.1. The molecule has 0 fully saturated rings. The predicted octanol–water partition coefficient (Wildman–Crippen LogP) is 1.24. The number of allylic oxidation sites excluding steroid dienone is 3. The molecule has 0 aromatic heterocycles. The van der Waals surface area contributed by atoms with Gasteiger partial charge in [-0.15, -0.1) is 0 Å². The predicted molar refractivity (Wildman–Crippen MR) is 57.2 cm³/mol. The first-order chi connectivity index (χ1) is 7.48. The summed E-state index contributed by atoms with van der Waals surface area (Å²) in [4.78, 5) is 0. The zero-order valence-corrected chi connectivity index (χ0v) is 9.74. The molecule has 90 valence electrons. The van der Waals surface area contributed by atoms with E-state index in [0.29, 0.717) is 5.76 Å². The number of ether oxygens (including phenoxy) is 2. The molecule has 2 rings (SSSR count). The summed E-state index contributed by atoms with van der Waals surface area (Å²) in [6.07, 6.45) is 4.75. The van der Waals surface area contributed by atoms with Crippen LogP contribution < -0.4 is 0 Å². The average Bonchev–Trinajstić information content (AvgIpc) is 2.26. The van der Waals surface area contributed by atoms with Crippen molar-refractivity contribution in [1.82, 2.24) is 0 Å². The zero-order valence-electron chi connectivity index (χ0n) is 8.92. The summed E-state index contributed by atoms with van der Waals surface area (Å²) in [6, 6.07) is 0. The van der Waals surface area contributed by atoms with Gasteiger partial charge in [0.05, 0.1) is 0 Å². The van der Waals surface area contributed by atoms with Gasteiger partial charge in [0.2, 0.25) is 0 Å². The van der Waals surface area contributed by atoms with E-state index in [0.717, 1.165) is 18.6 Å². The van der Waals surface area contributed by atoms with Crippen molar-refractivity contribution >= 4 is 10.1 Å². The van der Waals surface area contributed by atoms with E-state index in [1.807, 2.05) is 6.08 Å². The summed E-state index contributed by atoms with van der Waals surface area (Å²) in [5.74, 6) is 1.35. The number of hydrogen-bond acceptors (Lipinski definition) is 4. The third kappa shape index (κ3) is 2.22. The lowest BCUT2D eigenvalue weighted by molar-refractivity contribution is -0.00253. The van der Waals surface area contributed by atoms with Crippen LogP contribution >= 0.6 is 0 Å². The largest absolute Gasteiger partial charge is 0.490 e. The molecule has 0 radical (unpaired) electrons. The third-order valence-electron chi connectivity index (χ3n) is 2.78. The van der Waals surface area contributed by atoms with E-state index in [9.17, 15) is 8.42 Å². The van der Waals surface area contributed by atoms with Crippen LogP contribution in [0, 0.1) is 0 Å². The molecular weight excluding hydrogens is 232 g/mol. The maximum absolute atomic E-state index is 11.0. The van der Waals surface area contributed by atoms with Crippen LogP contribution in [0.25, 0.3) is 0 Å². The first-order valence-corrected chi connectivity index (χ1v) is 6.64. The second-order valence-corrected chi connectivity index (χ2v) is 5.69. The van der Waals surface area contributed by atoms with Crippen LogP contribution in [0.1, 0.15) is 19.8 Å². The minimum atomic E-state index is -4.09. The molecule has 2 unspecified atom stereocenters. The molecule has 1 heterocycles. The monoisotopic (exact) mass is 246 g/mol. The zero-order chi connectivity index (χ0) is 11.8. The van der Waals surface area contributed by atoms with Gasteiger partial charge in [-0.3, -0.25) is 4.55 Å². The van der Waals surface area contributed by atoms with Gasteiger partial charge in [-0.25, -0.2) is 0 Å². The molecule has 2 atom stereocenters. The van der Waals surface area contributed by atoms with Crippen LogP contribution in [0.3, 0.4) is 0 Å². The Morgan fingerprint density at radius 2 is 2.31 bits per heavy atom. The highest BCUT2D eigenvalue weighted by Gasteiger charge is 2.34. The molecule has 5 nitrogen and oxygen atoms in total. The van der Waals surface area contributed by atoms with Crippen molar-refractivity contribution in [2.45, 2.75) is 31.1 Å². The van der Waals surface area contributed by atoms with Crippen molar-refractivity contribution < 1.29 is 22.4 Å². The minimum absolute atomic E-state index is 0.160. The summed E-state index contributed by atoms with van der Waals surface area (Å²) in [6.45, 7) is 1.56. The molecule has 2 aliphatic rings. The number of rotatable bonds is 2. The molecular formula is C10H14O5S. The molecule has 0 saturated carbocycles. The second-order valence-electron chi connectivity index (χ2n) is 3.92. The highest BCUT2D eigenvalue weighted by Crippen LogP contribution is 2.28. The molecule has 1 N–H and O–H groups in total. The maximum Gasteiger partial charge on any atom is 0.271 e. The quantitative estimate of drug-likeness (QED) is 0.742. The van der Waals surface area contributed by atoms with E-state index in [2.05, 4.69) is 0 Å². The molecule has 0 spiro atoms. The van der Waals surface area contributed by atoms with Crippen molar-refractivity contribution in [2.75, 3.05) is 6.61 Å². The Bertz CT molecular complexity index is 434. The Morgan fingerprint density at radius 1 is 1.56 bits per heavy atom. The van der Waals surface area contributed by atoms with Crippen LogP contribution in [0.15, 0.2) is 23.7 Å². The van der Waals surface area contributed by atoms with Gasteiger partial charge >= 0.3 is 0 Å². The Balaban J connectivity index is 2.13. The SMILES string of the molecule is CC(C1COC2=C(C=CCC2)O1)S(=O)(=O)O. The van der Waals surface area contributed by atoms with Gasteiger partial charge in [0, 0.05) is 6.42 Å². The molecule has 1 aliphatic carbocycles.